The summed E-state index contributed by atoms with van der Waals surface area (Å²) < 4.78 is 16.9. The van der Waals surface area contributed by atoms with E-state index in [0.717, 1.165) is 36.0 Å². The van der Waals surface area contributed by atoms with Crippen molar-refractivity contribution in [1.82, 2.24) is 15.5 Å². The highest BCUT2D eigenvalue weighted by Crippen LogP contribution is 2.28. The summed E-state index contributed by atoms with van der Waals surface area (Å²) in [5.41, 5.74) is 3.48. The highest BCUT2D eigenvalue weighted by Gasteiger charge is 2.17. The van der Waals surface area contributed by atoms with Gasteiger partial charge in [0.05, 0.1) is 27.4 Å². The van der Waals surface area contributed by atoms with E-state index in [1.807, 2.05) is 48.5 Å². The summed E-state index contributed by atoms with van der Waals surface area (Å²) >= 11 is 0. The number of nitrogens with one attached hydrogen (secondary N) is 2. The summed E-state index contributed by atoms with van der Waals surface area (Å²) in [5, 5.41) is 6.02. The van der Waals surface area contributed by atoms with Crippen LogP contribution in [0.2, 0.25) is 0 Å². The van der Waals surface area contributed by atoms with E-state index in [9.17, 15) is 9.59 Å². The molecule has 3 aromatic rings. The molecule has 4 rings (SSSR count). The highest BCUT2D eigenvalue weighted by molar-refractivity contribution is 5.94. The number of benzene rings is 3. The first kappa shape index (κ1) is 28.0. The van der Waals surface area contributed by atoms with Gasteiger partial charge >= 0.3 is 0 Å². The summed E-state index contributed by atoms with van der Waals surface area (Å²) in [7, 11) is 3.17. The van der Waals surface area contributed by atoms with Gasteiger partial charge in [-0.2, -0.15) is 0 Å². The number of rotatable bonds is 7. The first-order valence-electron chi connectivity index (χ1n) is 13.3. The van der Waals surface area contributed by atoms with Gasteiger partial charge in [0.1, 0.15) is 5.75 Å². The van der Waals surface area contributed by atoms with Crippen molar-refractivity contribution in [2.24, 2.45) is 0 Å². The zero-order valence-electron chi connectivity index (χ0n) is 22.7. The van der Waals surface area contributed by atoms with Gasteiger partial charge in [0, 0.05) is 37.3 Å². The van der Waals surface area contributed by atoms with Gasteiger partial charge in [-0.25, -0.2) is 0 Å². The zero-order chi connectivity index (χ0) is 27.5. The van der Waals surface area contributed by atoms with Crippen molar-refractivity contribution >= 4 is 11.8 Å². The first-order chi connectivity index (χ1) is 19.1. The van der Waals surface area contributed by atoms with E-state index in [2.05, 4.69) is 27.7 Å². The average molecular weight is 532 g/mol. The van der Waals surface area contributed by atoms with Crippen LogP contribution < -0.4 is 24.8 Å². The molecule has 0 saturated carbocycles. The summed E-state index contributed by atoms with van der Waals surface area (Å²) in [6.45, 7) is 2.98. The number of fused-ring (bicyclic) bond motifs is 1. The van der Waals surface area contributed by atoms with Crippen molar-refractivity contribution in [2.45, 2.75) is 38.9 Å². The standard InChI is InChI=1S/C31H37N3O5/c1-37-27-14-11-24(17-29(27)38-2)19-33-31(36)25-12-13-26-21-34(20-23-9-5-3-6-10-23)22-30(35)32-15-7-4-8-16-39-28(26)18-25/h3,5-6,9-14,17-18H,4,7-8,15-16,19-22H2,1-2H3,(H,32,35)(H,33,36). The minimum absolute atomic E-state index is 0.0128. The molecule has 0 bridgehead atoms. The van der Waals surface area contributed by atoms with Crippen LogP contribution in [-0.2, 0) is 24.4 Å². The van der Waals surface area contributed by atoms with Gasteiger partial charge in [-0.1, -0.05) is 42.5 Å². The van der Waals surface area contributed by atoms with Gasteiger partial charge in [0.2, 0.25) is 5.91 Å². The van der Waals surface area contributed by atoms with E-state index >= 15 is 0 Å². The molecule has 8 nitrogen and oxygen atoms in total. The lowest BCUT2D eigenvalue weighted by molar-refractivity contribution is -0.122. The molecule has 0 aromatic heterocycles. The smallest absolute Gasteiger partial charge is 0.251 e. The van der Waals surface area contributed by atoms with Gasteiger partial charge in [0.25, 0.3) is 5.91 Å². The van der Waals surface area contributed by atoms with Crippen LogP contribution in [0, 0.1) is 0 Å². The molecular formula is C31H37N3O5. The fourth-order valence-electron chi connectivity index (χ4n) is 4.56. The molecule has 0 fully saturated rings. The fourth-order valence-corrected chi connectivity index (χ4v) is 4.56. The Labute approximate surface area is 230 Å². The predicted molar refractivity (Wildman–Crippen MR) is 150 cm³/mol. The summed E-state index contributed by atoms with van der Waals surface area (Å²) in [6.07, 6.45) is 2.73. The number of methoxy groups -OCH3 is 2. The maximum Gasteiger partial charge on any atom is 0.251 e. The molecule has 0 atom stereocenters. The normalized spacial score (nSPS) is 14.9. The van der Waals surface area contributed by atoms with Crippen LogP contribution in [0.15, 0.2) is 66.7 Å². The van der Waals surface area contributed by atoms with Crippen LogP contribution in [0.4, 0.5) is 0 Å². The van der Waals surface area contributed by atoms with E-state index in [1.165, 1.54) is 0 Å². The van der Waals surface area contributed by atoms with Crippen LogP contribution in [0.5, 0.6) is 17.2 Å². The average Bonchev–Trinajstić information content (AvgIpc) is 2.97. The topological polar surface area (TPSA) is 89.1 Å². The molecule has 2 N–H and O–H groups in total. The van der Waals surface area contributed by atoms with Crippen molar-refractivity contribution in [3.8, 4) is 17.2 Å². The number of amides is 2. The second-order valence-corrected chi connectivity index (χ2v) is 9.58. The Hall–Kier alpha value is -4.04. The van der Waals surface area contributed by atoms with Crippen molar-refractivity contribution in [2.75, 3.05) is 33.9 Å². The van der Waals surface area contributed by atoms with Gasteiger partial charge in [-0.15, -0.1) is 0 Å². The third-order valence-electron chi connectivity index (χ3n) is 6.64. The Kier molecular flexibility index (Phi) is 10.2. The third kappa shape index (κ3) is 8.22. The third-order valence-corrected chi connectivity index (χ3v) is 6.64. The lowest BCUT2D eigenvalue weighted by Gasteiger charge is -2.23. The van der Waals surface area contributed by atoms with Gasteiger partial charge in [0.15, 0.2) is 11.5 Å². The highest BCUT2D eigenvalue weighted by atomic mass is 16.5. The minimum atomic E-state index is -0.195. The lowest BCUT2D eigenvalue weighted by atomic mass is 10.1. The second-order valence-electron chi connectivity index (χ2n) is 9.58. The molecule has 0 unspecified atom stereocenters. The first-order valence-corrected chi connectivity index (χ1v) is 13.3. The van der Waals surface area contributed by atoms with Crippen molar-refractivity contribution < 1.29 is 23.8 Å². The number of nitrogens with zero attached hydrogens (tertiary/aromatic N) is 1. The Bertz CT molecular complexity index is 1250. The molecule has 1 heterocycles. The van der Waals surface area contributed by atoms with Crippen LogP contribution >= 0.6 is 0 Å². The number of hydrogen-bond acceptors (Lipinski definition) is 6. The number of hydrogen-bond donors (Lipinski definition) is 2. The quantitative estimate of drug-likeness (QED) is 0.472. The van der Waals surface area contributed by atoms with Crippen LogP contribution in [0.25, 0.3) is 0 Å². The monoisotopic (exact) mass is 531 g/mol. The molecule has 3 aromatic carbocycles. The van der Waals surface area contributed by atoms with E-state index < -0.39 is 0 Å². The Morgan fingerprint density at radius 3 is 2.54 bits per heavy atom. The van der Waals surface area contributed by atoms with E-state index in [0.29, 0.717) is 55.6 Å². The number of carbonyl (C=O) groups excluding carboxylic acids is 2. The summed E-state index contributed by atoms with van der Waals surface area (Å²) in [4.78, 5) is 27.8. The second kappa shape index (κ2) is 14.2. The van der Waals surface area contributed by atoms with E-state index in [1.54, 1.807) is 20.3 Å². The molecule has 1 aliphatic heterocycles. The molecule has 0 radical (unpaired) electrons. The number of carbonyl (C=O) groups is 2. The molecule has 8 heteroatoms. The van der Waals surface area contributed by atoms with Crippen LogP contribution in [0.3, 0.4) is 0 Å². The molecule has 0 spiro atoms. The Morgan fingerprint density at radius 2 is 1.74 bits per heavy atom. The van der Waals surface area contributed by atoms with Crippen molar-refractivity contribution in [1.29, 1.82) is 0 Å². The maximum absolute atomic E-state index is 13.1. The maximum atomic E-state index is 13.1. The molecule has 1 aliphatic rings. The van der Waals surface area contributed by atoms with Crippen LogP contribution in [0.1, 0.15) is 46.3 Å². The van der Waals surface area contributed by atoms with Crippen molar-refractivity contribution in [3.05, 3.63) is 89.0 Å². The molecular weight excluding hydrogens is 494 g/mol. The van der Waals surface area contributed by atoms with Crippen molar-refractivity contribution in [3.63, 3.8) is 0 Å². The Balaban J connectivity index is 1.51. The molecule has 206 valence electrons. The predicted octanol–water partition coefficient (Wildman–Crippen LogP) is 4.31. The summed E-state index contributed by atoms with van der Waals surface area (Å²) in [5.74, 6) is 1.74. The minimum Gasteiger partial charge on any atom is -0.493 e. The molecule has 0 saturated heterocycles. The van der Waals surface area contributed by atoms with E-state index in [-0.39, 0.29) is 18.4 Å². The Morgan fingerprint density at radius 1 is 0.923 bits per heavy atom. The largest absolute Gasteiger partial charge is 0.493 e. The van der Waals surface area contributed by atoms with Crippen LogP contribution in [-0.4, -0.2) is 50.6 Å². The van der Waals surface area contributed by atoms with Gasteiger partial charge in [-0.3, -0.25) is 14.5 Å². The molecule has 39 heavy (non-hydrogen) atoms. The fraction of sp³-hybridized carbons (Fsp3) is 0.355. The molecule has 2 amide bonds. The lowest BCUT2D eigenvalue weighted by Crippen LogP contribution is -2.37. The van der Waals surface area contributed by atoms with E-state index in [4.69, 9.17) is 14.2 Å². The SMILES string of the molecule is COc1ccc(CNC(=O)c2ccc3c(c2)OCCCCCNC(=O)CN(Cc2ccccc2)C3)cc1OC. The van der Waals surface area contributed by atoms with Gasteiger partial charge < -0.3 is 24.8 Å². The number of ether oxygens (including phenoxy) is 3. The van der Waals surface area contributed by atoms with Gasteiger partial charge in [-0.05, 0) is 54.7 Å². The summed E-state index contributed by atoms with van der Waals surface area (Å²) in [6, 6.07) is 21.2. The zero-order valence-corrected chi connectivity index (χ0v) is 22.7. The molecule has 0 aliphatic carbocycles.